The van der Waals surface area contributed by atoms with Crippen LogP contribution in [0.25, 0.3) is 11.4 Å². The molecule has 0 saturated carbocycles. The number of aromatic nitrogens is 2. The van der Waals surface area contributed by atoms with E-state index in [0.717, 1.165) is 12.1 Å². The Morgan fingerprint density at radius 2 is 1.58 bits per heavy atom. The number of nitrogens with two attached hydrogens (primary N) is 2. The molecule has 102 valence electrons. The molecule has 0 bridgehead atoms. The minimum atomic E-state index is -4.36. The Kier molecular flexibility index (Phi) is 4.21. The van der Waals surface area contributed by atoms with Crippen LogP contribution in [0.15, 0.2) is 30.5 Å². The van der Waals surface area contributed by atoms with Gasteiger partial charge in [-0.05, 0) is 12.1 Å². The molecular formula is C11H10ClF3N4. The van der Waals surface area contributed by atoms with Crippen LogP contribution in [-0.2, 0) is 6.18 Å². The highest BCUT2D eigenvalue weighted by Crippen LogP contribution is 2.30. The predicted octanol–water partition coefficient (Wildman–Crippen LogP) is 2.75. The molecule has 1 heterocycles. The Labute approximate surface area is 113 Å². The molecule has 0 aliphatic rings. The monoisotopic (exact) mass is 290 g/mol. The average molecular weight is 291 g/mol. The van der Waals surface area contributed by atoms with Crippen molar-refractivity contribution in [1.29, 1.82) is 0 Å². The molecule has 0 aliphatic heterocycles. The number of anilines is 2. The van der Waals surface area contributed by atoms with Crippen LogP contribution in [-0.4, -0.2) is 9.97 Å². The lowest BCUT2D eigenvalue weighted by atomic mass is 10.1. The van der Waals surface area contributed by atoms with Crippen LogP contribution in [0.3, 0.4) is 0 Å². The van der Waals surface area contributed by atoms with E-state index in [9.17, 15) is 13.2 Å². The third-order valence-corrected chi connectivity index (χ3v) is 2.32. The molecule has 0 fully saturated rings. The summed E-state index contributed by atoms with van der Waals surface area (Å²) in [4.78, 5) is 7.80. The second kappa shape index (κ2) is 5.31. The Morgan fingerprint density at radius 3 is 2.05 bits per heavy atom. The Bertz CT molecular complexity index is 569. The second-order valence-corrected chi connectivity index (χ2v) is 3.61. The van der Waals surface area contributed by atoms with E-state index in [4.69, 9.17) is 11.5 Å². The van der Waals surface area contributed by atoms with E-state index in [-0.39, 0.29) is 29.7 Å². The number of halogens is 4. The van der Waals surface area contributed by atoms with Crippen molar-refractivity contribution in [2.45, 2.75) is 6.18 Å². The lowest BCUT2D eigenvalue weighted by molar-refractivity contribution is -0.137. The molecule has 0 atom stereocenters. The van der Waals surface area contributed by atoms with Crippen molar-refractivity contribution < 1.29 is 13.2 Å². The van der Waals surface area contributed by atoms with Gasteiger partial charge >= 0.3 is 6.18 Å². The van der Waals surface area contributed by atoms with Gasteiger partial charge in [0.15, 0.2) is 11.6 Å². The van der Waals surface area contributed by atoms with Crippen LogP contribution in [0.1, 0.15) is 5.56 Å². The first kappa shape index (κ1) is 15.0. The quantitative estimate of drug-likeness (QED) is 0.846. The minimum absolute atomic E-state index is 0. The number of hydrogen-bond acceptors (Lipinski definition) is 4. The van der Waals surface area contributed by atoms with E-state index in [1.165, 1.54) is 18.3 Å². The standard InChI is InChI=1S/C11H9F3N4.ClH/c12-11(13,14)7-3-1-6(2-4-7)10-17-5-8(15)9(16)18-10;/h1-5H,15H2,(H2,16,17,18);1H. The zero-order valence-corrected chi connectivity index (χ0v) is 10.3. The highest BCUT2D eigenvalue weighted by Gasteiger charge is 2.30. The number of benzene rings is 1. The molecule has 0 spiro atoms. The summed E-state index contributed by atoms with van der Waals surface area (Å²) in [7, 11) is 0. The fourth-order valence-electron chi connectivity index (χ4n) is 1.35. The third-order valence-electron chi connectivity index (χ3n) is 2.32. The number of nitrogens with zero attached hydrogens (tertiary/aromatic N) is 2. The van der Waals surface area contributed by atoms with Crippen molar-refractivity contribution in [3.63, 3.8) is 0 Å². The molecule has 19 heavy (non-hydrogen) atoms. The topological polar surface area (TPSA) is 77.8 Å². The molecule has 0 unspecified atom stereocenters. The first-order valence-electron chi connectivity index (χ1n) is 4.93. The maximum absolute atomic E-state index is 12.4. The van der Waals surface area contributed by atoms with Gasteiger partial charge in [0.25, 0.3) is 0 Å². The van der Waals surface area contributed by atoms with Crippen molar-refractivity contribution in [2.24, 2.45) is 0 Å². The van der Waals surface area contributed by atoms with E-state index in [0.29, 0.717) is 5.56 Å². The smallest absolute Gasteiger partial charge is 0.394 e. The fourth-order valence-corrected chi connectivity index (χ4v) is 1.35. The molecule has 8 heteroatoms. The average Bonchev–Trinajstić information content (AvgIpc) is 2.32. The molecule has 0 amide bonds. The normalized spacial score (nSPS) is 10.9. The zero-order valence-electron chi connectivity index (χ0n) is 9.48. The number of rotatable bonds is 1. The summed E-state index contributed by atoms with van der Waals surface area (Å²) in [5.41, 5.74) is 10.9. The van der Waals surface area contributed by atoms with E-state index >= 15 is 0 Å². The summed E-state index contributed by atoms with van der Waals surface area (Å²) in [6.07, 6.45) is -3.05. The van der Waals surface area contributed by atoms with Crippen molar-refractivity contribution >= 4 is 23.9 Å². The van der Waals surface area contributed by atoms with Crippen molar-refractivity contribution in [3.05, 3.63) is 36.0 Å². The summed E-state index contributed by atoms with van der Waals surface area (Å²) in [5.74, 6) is 0.329. The van der Waals surface area contributed by atoms with Crippen LogP contribution in [0, 0.1) is 0 Å². The Morgan fingerprint density at radius 1 is 1.00 bits per heavy atom. The highest BCUT2D eigenvalue weighted by atomic mass is 35.5. The lowest BCUT2D eigenvalue weighted by Crippen LogP contribution is -2.04. The van der Waals surface area contributed by atoms with Crippen molar-refractivity contribution in [3.8, 4) is 11.4 Å². The van der Waals surface area contributed by atoms with Gasteiger partial charge in [-0.2, -0.15) is 13.2 Å². The van der Waals surface area contributed by atoms with E-state index in [1.54, 1.807) is 0 Å². The number of hydrogen-bond donors (Lipinski definition) is 2. The van der Waals surface area contributed by atoms with Gasteiger partial charge in [0.1, 0.15) is 0 Å². The van der Waals surface area contributed by atoms with Crippen molar-refractivity contribution in [1.82, 2.24) is 9.97 Å². The van der Waals surface area contributed by atoms with Crippen molar-refractivity contribution in [2.75, 3.05) is 11.5 Å². The molecule has 1 aromatic heterocycles. The summed E-state index contributed by atoms with van der Waals surface area (Å²) in [5, 5.41) is 0. The number of alkyl halides is 3. The highest BCUT2D eigenvalue weighted by molar-refractivity contribution is 5.85. The van der Waals surface area contributed by atoms with Gasteiger partial charge in [-0.1, -0.05) is 12.1 Å². The van der Waals surface area contributed by atoms with Gasteiger partial charge in [-0.25, -0.2) is 9.97 Å². The van der Waals surface area contributed by atoms with Crippen LogP contribution < -0.4 is 11.5 Å². The summed E-state index contributed by atoms with van der Waals surface area (Å²) in [6, 6.07) is 4.50. The molecule has 0 saturated heterocycles. The van der Waals surface area contributed by atoms with E-state index in [2.05, 4.69) is 9.97 Å². The summed E-state index contributed by atoms with van der Waals surface area (Å²) in [6.45, 7) is 0. The van der Waals surface area contributed by atoms with Crippen LogP contribution in [0.2, 0.25) is 0 Å². The first-order chi connectivity index (χ1) is 8.38. The predicted molar refractivity (Wildman–Crippen MR) is 68.5 cm³/mol. The SMILES string of the molecule is Cl.Nc1cnc(-c2ccc(C(F)(F)F)cc2)nc1N. The maximum Gasteiger partial charge on any atom is 0.416 e. The van der Waals surface area contributed by atoms with Gasteiger partial charge < -0.3 is 11.5 Å². The minimum Gasteiger partial charge on any atom is -0.394 e. The molecule has 4 nitrogen and oxygen atoms in total. The van der Waals surface area contributed by atoms with Gasteiger partial charge in [0.2, 0.25) is 0 Å². The second-order valence-electron chi connectivity index (χ2n) is 3.61. The molecular weight excluding hydrogens is 281 g/mol. The van der Waals surface area contributed by atoms with Gasteiger partial charge in [-0.3, -0.25) is 0 Å². The van der Waals surface area contributed by atoms with Crippen LogP contribution in [0.4, 0.5) is 24.7 Å². The Balaban J connectivity index is 0.00000180. The van der Waals surface area contributed by atoms with Gasteiger partial charge in [0, 0.05) is 5.56 Å². The molecule has 0 radical (unpaired) electrons. The van der Waals surface area contributed by atoms with Crippen LogP contribution in [0.5, 0.6) is 0 Å². The van der Waals surface area contributed by atoms with E-state index in [1.807, 2.05) is 0 Å². The molecule has 4 N–H and O–H groups in total. The Hall–Kier alpha value is -2.02. The molecule has 2 rings (SSSR count). The summed E-state index contributed by atoms with van der Waals surface area (Å²) < 4.78 is 37.1. The molecule has 2 aromatic rings. The fraction of sp³-hybridized carbons (Fsp3) is 0.0909. The lowest BCUT2D eigenvalue weighted by Gasteiger charge is -2.07. The van der Waals surface area contributed by atoms with E-state index < -0.39 is 11.7 Å². The molecule has 1 aromatic carbocycles. The zero-order chi connectivity index (χ0) is 13.3. The molecule has 0 aliphatic carbocycles. The largest absolute Gasteiger partial charge is 0.416 e. The van der Waals surface area contributed by atoms with Gasteiger partial charge in [0.05, 0.1) is 17.4 Å². The van der Waals surface area contributed by atoms with Crippen LogP contribution >= 0.6 is 12.4 Å². The number of nitrogen functional groups attached to an aromatic ring is 2. The maximum atomic E-state index is 12.4. The summed E-state index contributed by atoms with van der Waals surface area (Å²) >= 11 is 0. The first-order valence-corrected chi connectivity index (χ1v) is 4.93. The van der Waals surface area contributed by atoms with Gasteiger partial charge in [-0.15, -0.1) is 12.4 Å². The third kappa shape index (κ3) is 3.25.